The van der Waals surface area contributed by atoms with Gasteiger partial charge >= 0.3 is 0 Å². The monoisotopic (exact) mass is 247 g/mol. The van der Waals surface area contributed by atoms with E-state index in [1.807, 2.05) is 6.92 Å². The molecule has 0 bridgehead atoms. The molecule has 0 unspecified atom stereocenters. The van der Waals surface area contributed by atoms with E-state index in [9.17, 15) is 4.79 Å². The van der Waals surface area contributed by atoms with Gasteiger partial charge in [-0.25, -0.2) is 4.98 Å². The first-order valence-electron chi connectivity index (χ1n) is 6.10. The molecule has 0 aliphatic carbocycles. The minimum atomic E-state index is -0.302. The van der Waals surface area contributed by atoms with Crippen LogP contribution < -0.4 is 0 Å². The van der Waals surface area contributed by atoms with Crippen molar-refractivity contribution in [1.29, 1.82) is 5.26 Å². The van der Waals surface area contributed by atoms with Crippen molar-refractivity contribution in [2.75, 3.05) is 13.1 Å². The van der Waals surface area contributed by atoms with Gasteiger partial charge in [-0.3, -0.25) is 4.79 Å². The van der Waals surface area contributed by atoms with Crippen LogP contribution in [0.4, 0.5) is 0 Å². The number of aryl methyl sites for hydroxylation is 2. The molecule has 0 spiro atoms. The number of aromatic nitrogens is 1. The molecule has 1 aliphatic rings. The molecule has 1 aliphatic heterocycles. The van der Waals surface area contributed by atoms with Crippen LogP contribution in [0.25, 0.3) is 0 Å². The molecule has 1 fully saturated rings. The highest BCUT2D eigenvalue weighted by atomic mass is 16.4. The van der Waals surface area contributed by atoms with E-state index in [2.05, 4.69) is 11.1 Å². The number of nitrogens with zero attached hydrogens (tertiary/aromatic N) is 3. The Morgan fingerprint density at radius 3 is 2.50 bits per heavy atom. The van der Waals surface area contributed by atoms with Crippen molar-refractivity contribution in [3.63, 3.8) is 0 Å². The molecule has 1 aromatic rings. The molecule has 0 aromatic carbocycles. The zero-order valence-corrected chi connectivity index (χ0v) is 11.0. The average molecular weight is 247 g/mol. The van der Waals surface area contributed by atoms with Gasteiger partial charge in [0.25, 0.3) is 5.91 Å². The lowest BCUT2D eigenvalue weighted by atomic mass is 9.82. The first kappa shape index (κ1) is 12.6. The SMILES string of the molecule is Cc1nc(C)c(C(=O)N2CCC(C)(C#N)CC2)o1. The van der Waals surface area contributed by atoms with Crippen molar-refractivity contribution >= 4 is 5.91 Å². The summed E-state index contributed by atoms with van der Waals surface area (Å²) >= 11 is 0. The summed E-state index contributed by atoms with van der Waals surface area (Å²) < 4.78 is 5.34. The van der Waals surface area contributed by atoms with Gasteiger partial charge < -0.3 is 9.32 Å². The number of nitriles is 1. The summed E-state index contributed by atoms with van der Waals surface area (Å²) in [5.74, 6) is 0.718. The van der Waals surface area contributed by atoms with E-state index in [0.29, 0.717) is 43.3 Å². The second kappa shape index (κ2) is 4.45. The van der Waals surface area contributed by atoms with Crippen molar-refractivity contribution in [1.82, 2.24) is 9.88 Å². The first-order valence-corrected chi connectivity index (χ1v) is 6.10. The number of rotatable bonds is 1. The van der Waals surface area contributed by atoms with Crippen LogP contribution in [0.3, 0.4) is 0 Å². The predicted octanol–water partition coefficient (Wildman–Crippen LogP) is 2.06. The molecule has 0 radical (unpaired) electrons. The third-order valence-electron chi connectivity index (χ3n) is 3.52. The molecule has 5 heteroatoms. The second-order valence-electron chi connectivity index (χ2n) is 5.11. The highest BCUT2D eigenvalue weighted by Gasteiger charge is 2.33. The quantitative estimate of drug-likeness (QED) is 0.761. The lowest BCUT2D eigenvalue weighted by Crippen LogP contribution is -2.41. The van der Waals surface area contributed by atoms with Gasteiger partial charge in [0, 0.05) is 20.0 Å². The van der Waals surface area contributed by atoms with E-state index in [0.717, 1.165) is 0 Å². The summed E-state index contributed by atoms with van der Waals surface area (Å²) in [4.78, 5) is 18.1. The van der Waals surface area contributed by atoms with Crippen LogP contribution in [0.2, 0.25) is 0 Å². The third kappa shape index (κ3) is 2.23. The Labute approximate surface area is 106 Å². The zero-order chi connectivity index (χ0) is 13.3. The number of likely N-dealkylation sites (tertiary alicyclic amines) is 1. The Morgan fingerprint density at radius 2 is 2.06 bits per heavy atom. The zero-order valence-electron chi connectivity index (χ0n) is 11.0. The van der Waals surface area contributed by atoms with Gasteiger partial charge in [-0.1, -0.05) is 0 Å². The van der Waals surface area contributed by atoms with E-state index in [1.54, 1.807) is 18.7 Å². The lowest BCUT2D eigenvalue weighted by molar-refractivity contribution is 0.0627. The molecular weight excluding hydrogens is 230 g/mol. The van der Waals surface area contributed by atoms with Gasteiger partial charge in [0.05, 0.1) is 17.2 Å². The molecule has 0 N–H and O–H groups in total. The first-order chi connectivity index (χ1) is 8.45. The minimum Gasteiger partial charge on any atom is -0.436 e. The number of oxazole rings is 1. The van der Waals surface area contributed by atoms with Crippen LogP contribution in [0.5, 0.6) is 0 Å². The maximum absolute atomic E-state index is 12.2. The maximum atomic E-state index is 12.2. The number of carbonyl (C=O) groups excluding carboxylic acids is 1. The van der Waals surface area contributed by atoms with Gasteiger partial charge in [-0.2, -0.15) is 5.26 Å². The Balaban J connectivity index is 2.09. The summed E-state index contributed by atoms with van der Waals surface area (Å²) in [5.41, 5.74) is 0.328. The fourth-order valence-corrected chi connectivity index (χ4v) is 2.19. The molecule has 1 aromatic heterocycles. The lowest BCUT2D eigenvalue weighted by Gasteiger charge is -2.34. The standard InChI is InChI=1S/C13H17N3O2/c1-9-11(18-10(2)15-9)12(17)16-6-4-13(3,8-14)5-7-16/h4-7H2,1-3H3. The van der Waals surface area contributed by atoms with Crippen molar-refractivity contribution in [3.05, 3.63) is 17.3 Å². The van der Waals surface area contributed by atoms with Gasteiger partial charge in [0.15, 0.2) is 5.89 Å². The second-order valence-corrected chi connectivity index (χ2v) is 5.11. The number of piperidine rings is 1. The summed E-state index contributed by atoms with van der Waals surface area (Å²) in [7, 11) is 0. The molecule has 1 saturated heterocycles. The third-order valence-corrected chi connectivity index (χ3v) is 3.52. The highest BCUT2D eigenvalue weighted by molar-refractivity contribution is 5.92. The van der Waals surface area contributed by atoms with Gasteiger partial charge in [0.1, 0.15) is 0 Å². The fraction of sp³-hybridized carbons (Fsp3) is 0.615. The van der Waals surface area contributed by atoms with E-state index >= 15 is 0 Å². The molecule has 5 nitrogen and oxygen atoms in total. The minimum absolute atomic E-state index is 0.118. The topological polar surface area (TPSA) is 70.1 Å². The summed E-state index contributed by atoms with van der Waals surface area (Å²) in [6.07, 6.45) is 1.42. The van der Waals surface area contributed by atoms with Crippen LogP contribution in [0.15, 0.2) is 4.42 Å². The van der Waals surface area contributed by atoms with Crippen molar-refractivity contribution in [2.24, 2.45) is 5.41 Å². The van der Waals surface area contributed by atoms with Gasteiger partial charge in [-0.15, -0.1) is 0 Å². The molecule has 0 saturated carbocycles. The van der Waals surface area contributed by atoms with E-state index in [1.165, 1.54) is 0 Å². The number of hydrogen-bond acceptors (Lipinski definition) is 4. The molecular formula is C13H17N3O2. The Hall–Kier alpha value is -1.83. The summed E-state index contributed by atoms with van der Waals surface area (Å²) in [5, 5.41) is 9.06. The van der Waals surface area contributed by atoms with Crippen molar-refractivity contribution in [2.45, 2.75) is 33.6 Å². The highest BCUT2D eigenvalue weighted by Crippen LogP contribution is 2.30. The number of amides is 1. The predicted molar refractivity (Wildman–Crippen MR) is 64.8 cm³/mol. The number of hydrogen-bond donors (Lipinski definition) is 0. The molecule has 96 valence electrons. The van der Waals surface area contributed by atoms with E-state index in [4.69, 9.17) is 9.68 Å². The molecule has 2 heterocycles. The normalized spacial score (nSPS) is 18.4. The smallest absolute Gasteiger partial charge is 0.291 e. The van der Waals surface area contributed by atoms with Crippen LogP contribution >= 0.6 is 0 Å². The van der Waals surface area contributed by atoms with E-state index < -0.39 is 0 Å². The van der Waals surface area contributed by atoms with Crippen LogP contribution in [0.1, 0.15) is 41.9 Å². The van der Waals surface area contributed by atoms with E-state index in [-0.39, 0.29) is 11.3 Å². The molecule has 0 atom stereocenters. The summed E-state index contributed by atoms with van der Waals surface area (Å²) in [6.45, 7) is 6.64. The fourth-order valence-electron chi connectivity index (χ4n) is 2.19. The Morgan fingerprint density at radius 1 is 1.44 bits per heavy atom. The van der Waals surface area contributed by atoms with Crippen LogP contribution in [-0.2, 0) is 0 Å². The van der Waals surface area contributed by atoms with Gasteiger partial charge in [-0.05, 0) is 26.7 Å². The molecule has 18 heavy (non-hydrogen) atoms. The van der Waals surface area contributed by atoms with Crippen molar-refractivity contribution in [3.8, 4) is 6.07 Å². The molecule has 1 amide bonds. The van der Waals surface area contributed by atoms with Gasteiger partial charge in [0.2, 0.25) is 5.76 Å². The summed E-state index contributed by atoms with van der Waals surface area (Å²) in [6, 6.07) is 2.32. The Kier molecular flexibility index (Phi) is 3.12. The number of carbonyl (C=O) groups is 1. The Bertz CT molecular complexity index is 505. The van der Waals surface area contributed by atoms with Crippen LogP contribution in [-0.4, -0.2) is 28.9 Å². The van der Waals surface area contributed by atoms with Crippen molar-refractivity contribution < 1.29 is 9.21 Å². The maximum Gasteiger partial charge on any atom is 0.291 e. The average Bonchev–Trinajstić information content (AvgIpc) is 2.69. The van der Waals surface area contributed by atoms with Crippen LogP contribution in [0, 0.1) is 30.6 Å². The largest absolute Gasteiger partial charge is 0.436 e. The molecule has 2 rings (SSSR count).